The number of rotatable bonds is 10. The van der Waals surface area contributed by atoms with Gasteiger partial charge in [-0.1, -0.05) is 18.2 Å². The second kappa shape index (κ2) is 11.1. The van der Waals surface area contributed by atoms with Gasteiger partial charge in [0.25, 0.3) is 21.6 Å². The Labute approximate surface area is 223 Å². The molecule has 1 amide bonds. The lowest BCUT2D eigenvalue weighted by molar-refractivity contribution is -0.384. The molecule has 1 aromatic heterocycles. The molecule has 1 N–H and O–H groups in total. The molecular weight excluding hydrogens is 534 g/mol. The molecule has 0 radical (unpaired) electrons. The number of amides is 1. The van der Waals surface area contributed by atoms with Crippen LogP contribution in [0, 0.1) is 10.1 Å². The molecule has 0 bridgehead atoms. The number of fused-ring (bicyclic) bond motifs is 1. The number of alkyl halides is 1. The number of aromatic nitrogens is 1. The van der Waals surface area contributed by atoms with E-state index in [-0.39, 0.29) is 34.4 Å². The number of aryl methyl sites for hydroxylation is 1. The highest BCUT2D eigenvalue weighted by atomic mass is 35.5. The van der Waals surface area contributed by atoms with Gasteiger partial charge < -0.3 is 14.0 Å². The lowest BCUT2D eigenvalue weighted by Crippen LogP contribution is -2.31. The van der Waals surface area contributed by atoms with Crippen LogP contribution in [0.3, 0.4) is 0 Å². The van der Waals surface area contributed by atoms with E-state index in [1.54, 1.807) is 18.2 Å². The number of hydrogen-bond donors (Lipinski definition) is 1. The van der Waals surface area contributed by atoms with Gasteiger partial charge in [0.1, 0.15) is 23.0 Å². The number of carbonyl (C=O) groups excluding carboxylic acids is 1. The molecule has 1 heterocycles. The van der Waals surface area contributed by atoms with Gasteiger partial charge in [-0.3, -0.25) is 14.9 Å². The molecule has 0 unspecified atom stereocenters. The lowest BCUT2D eigenvalue weighted by Gasteiger charge is -2.13. The van der Waals surface area contributed by atoms with E-state index in [1.807, 2.05) is 17.8 Å². The smallest absolute Gasteiger partial charge is 0.270 e. The average Bonchev–Trinajstić information content (AvgIpc) is 3.21. The van der Waals surface area contributed by atoms with E-state index in [0.717, 1.165) is 16.5 Å². The number of methoxy groups -OCH3 is 1. The van der Waals surface area contributed by atoms with Gasteiger partial charge in [0.15, 0.2) is 0 Å². The van der Waals surface area contributed by atoms with Crippen LogP contribution in [0.5, 0.6) is 11.5 Å². The number of nitro groups is 1. The van der Waals surface area contributed by atoms with Crippen molar-refractivity contribution < 1.29 is 27.6 Å². The predicted molar refractivity (Wildman–Crippen MR) is 143 cm³/mol. The van der Waals surface area contributed by atoms with Crippen LogP contribution in [0.15, 0.2) is 71.8 Å². The fraction of sp³-hybridized carbons (Fsp3) is 0.192. The summed E-state index contributed by atoms with van der Waals surface area (Å²) in [6, 6.07) is 15.2. The van der Waals surface area contributed by atoms with Gasteiger partial charge in [0.05, 0.1) is 17.9 Å². The molecule has 198 valence electrons. The average molecular weight is 558 g/mol. The third-order valence-electron chi connectivity index (χ3n) is 5.90. The summed E-state index contributed by atoms with van der Waals surface area (Å²) in [5.74, 6) is -0.231. The number of halogens is 1. The van der Waals surface area contributed by atoms with Gasteiger partial charge in [-0.05, 0) is 41.5 Å². The fourth-order valence-corrected chi connectivity index (χ4v) is 5.33. The van der Waals surface area contributed by atoms with Crippen molar-refractivity contribution in [2.24, 2.45) is 7.05 Å². The summed E-state index contributed by atoms with van der Waals surface area (Å²) in [5, 5.41) is 12.0. The third kappa shape index (κ3) is 5.58. The van der Waals surface area contributed by atoms with Crippen molar-refractivity contribution in [3.05, 3.63) is 93.7 Å². The van der Waals surface area contributed by atoms with E-state index in [4.69, 9.17) is 21.1 Å². The summed E-state index contributed by atoms with van der Waals surface area (Å²) in [6.07, 6.45) is 2.25. The Balaban J connectivity index is 1.60. The van der Waals surface area contributed by atoms with Crippen LogP contribution in [-0.4, -0.2) is 43.4 Å². The van der Waals surface area contributed by atoms with Crippen molar-refractivity contribution in [3.63, 3.8) is 0 Å². The first-order valence-electron chi connectivity index (χ1n) is 11.4. The zero-order chi connectivity index (χ0) is 27.4. The number of sulfonamides is 1. The second-order valence-electron chi connectivity index (χ2n) is 8.35. The summed E-state index contributed by atoms with van der Waals surface area (Å²) in [7, 11) is -0.957. The minimum Gasteiger partial charge on any atom is -0.496 e. The maximum Gasteiger partial charge on any atom is 0.270 e. The number of carbonyl (C=O) groups is 1. The van der Waals surface area contributed by atoms with Crippen LogP contribution in [0.1, 0.15) is 21.5 Å². The van der Waals surface area contributed by atoms with Crippen LogP contribution in [0.25, 0.3) is 10.9 Å². The Bertz CT molecular complexity index is 1630. The van der Waals surface area contributed by atoms with E-state index < -0.39 is 20.9 Å². The van der Waals surface area contributed by atoms with Crippen LogP contribution >= 0.6 is 11.6 Å². The van der Waals surface area contributed by atoms with Crippen LogP contribution in [0.2, 0.25) is 0 Å². The first-order chi connectivity index (χ1) is 18.1. The van der Waals surface area contributed by atoms with Crippen molar-refractivity contribution >= 4 is 44.1 Å². The first kappa shape index (κ1) is 27.0. The molecule has 0 spiro atoms. The third-order valence-corrected chi connectivity index (χ3v) is 7.42. The number of hydrogen-bond acceptors (Lipinski definition) is 7. The first-order valence-corrected chi connectivity index (χ1v) is 13.4. The molecule has 4 aromatic rings. The SMILES string of the molecule is COc1cc(C(=O)NS(=O)(=O)c2ccccc2OCCCl)ccc1Cc1cn(C)c2ccc([N+](=O)[O-])cc12. The van der Waals surface area contributed by atoms with E-state index in [2.05, 4.69) is 4.72 Å². The highest BCUT2D eigenvalue weighted by Crippen LogP contribution is 2.30. The van der Waals surface area contributed by atoms with Crippen molar-refractivity contribution in [1.29, 1.82) is 0 Å². The quantitative estimate of drug-likeness (QED) is 0.173. The number of non-ortho nitro benzene ring substituents is 1. The van der Waals surface area contributed by atoms with Gasteiger partial charge in [-0.25, -0.2) is 13.1 Å². The van der Waals surface area contributed by atoms with E-state index >= 15 is 0 Å². The Morgan fingerprint density at radius 2 is 1.84 bits per heavy atom. The van der Waals surface area contributed by atoms with Crippen molar-refractivity contribution in [1.82, 2.24) is 9.29 Å². The predicted octanol–water partition coefficient (Wildman–Crippen LogP) is 4.42. The minimum absolute atomic E-state index is 0.0141. The zero-order valence-electron chi connectivity index (χ0n) is 20.5. The summed E-state index contributed by atoms with van der Waals surface area (Å²) < 4.78 is 40.7. The molecule has 4 rings (SSSR count). The van der Waals surface area contributed by atoms with Gasteiger partial charge in [0, 0.05) is 48.3 Å². The monoisotopic (exact) mass is 557 g/mol. The lowest BCUT2D eigenvalue weighted by atomic mass is 10.0. The maximum atomic E-state index is 12.9. The number of nitrogens with one attached hydrogen (secondary N) is 1. The van der Waals surface area contributed by atoms with Crippen LogP contribution in [0.4, 0.5) is 5.69 Å². The Kier molecular flexibility index (Phi) is 7.88. The molecular formula is C26H24ClN3O7S. The summed E-state index contributed by atoms with van der Waals surface area (Å²) in [6.45, 7) is 0.102. The summed E-state index contributed by atoms with van der Waals surface area (Å²) >= 11 is 5.64. The van der Waals surface area contributed by atoms with Gasteiger partial charge in [-0.2, -0.15) is 0 Å². The molecule has 0 aliphatic rings. The Morgan fingerprint density at radius 3 is 2.55 bits per heavy atom. The largest absolute Gasteiger partial charge is 0.496 e. The Hall–Kier alpha value is -4.09. The van der Waals surface area contributed by atoms with Crippen LogP contribution < -0.4 is 14.2 Å². The molecule has 0 aliphatic carbocycles. The molecule has 38 heavy (non-hydrogen) atoms. The van der Waals surface area contributed by atoms with Crippen molar-refractivity contribution in [2.75, 3.05) is 19.6 Å². The highest BCUT2D eigenvalue weighted by molar-refractivity contribution is 7.90. The van der Waals surface area contributed by atoms with Crippen molar-refractivity contribution in [2.45, 2.75) is 11.3 Å². The standard InChI is InChI=1S/C26H24ClN3O7S/c1-29-16-19(21-15-20(30(32)33)9-10-22(21)29)13-17-7-8-18(14-24(17)36-2)26(31)28-38(34,35)25-6-4-3-5-23(25)37-12-11-27/h3-10,14-16H,11-13H2,1-2H3,(H,28,31). The number of nitrogens with zero attached hydrogens (tertiary/aromatic N) is 2. The number of ether oxygens (including phenoxy) is 2. The van der Waals surface area contributed by atoms with Crippen LogP contribution in [-0.2, 0) is 23.5 Å². The highest BCUT2D eigenvalue weighted by Gasteiger charge is 2.24. The maximum absolute atomic E-state index is 12.9. The Morgan fingerprint density at radius 1 is 1.08 bits per heavy atom. The van der Waals surface area contributed by atoms with Gasteiger partial charge in [0.2, 0.25) is 0 Å². The normalized spacial score (nSPS) is 11.3. The fourth-order valence-electron chi connectivity index (χ4n) is 4.13. The topological polar surface area (TPSA) is 130 Å². The van der Waals surface area contributed by atoms with Gasteiger partial charge >= 0.3 is 0 Å². The summed E-state index contributed by atoms with van der Waals surface area (Å²) in [4.78, 5) is 23.5. The number of nitro benzene ring substituents is 1. The minimum atomic E-state index is -4.25. The molecule has 0 fully saturated rings. The molecule has 0 saturated heterocycles. The molecule has 3 aromatic carbocycles. The van der Waals surface area contributed by atoms with E-state index in [0.29, 0.717) is 17.7 Å². The zero-order valence-corrected chi connectivity index (χ0v) is 22.1. The van der Waals surface area contributed by atoms with Gasteiger partial charge in [-0.15, -0.1) is 11.6 Å². The van der Waals surface area contributed by atoms with Crippen molar-refractivity contribution in [3.8, 4) is 11.5 Å². The molecule has 0 atom stereocenters. The molecule has 10 nitrogen and oxygen atoms in total. The van der Waals surface area contributed by atoms with E-state index in [9.17, 15) is 23.3 Å². The second-order valence-corrected chi connectivity index (χ2v) is 10.4. The molecule has 12 heteroatoms. The molecule has 0 aliphatic heterocycles. The summed E-state index contributed by atoms with van der Waals surface area (Å²) in [5.41, 5.74) is 2.44. The number of para-hydroxylation sites is 1. The molecule has 0 saturated carbocycles. The number of benzene rings is 3. The van der Waals surface area contributed by atoms with E-state index in [1.165, 1.54) is 49.6 Å².